The zero-order valence-corrected chi connectivity index (χ0v) is 18.5. The predicted octanol–water partition coefficient (Wildman–Crippen LogP) is 6.06. The van der Waals surface area contributed by atoms with Crippen LogP contribution in [0.2, 0.25) is 11.1 Å². The summed E-state index contributed by atoms with van der Waals surface area (Å²) in [6, 6.07) is 0. The topological polar surface area (TPSA) is 18.5 Å². The number of rotatable bonds is 6. The number of hydrogen-bond acceptors (Lipinski definition) is 2. The highest BCUT2D eigenvalue weighted by atomic mass is 28.4. The Labute approximate surface area is 169 Å². The van der Waals surface area contributed by atoms with E-state index >= 15 is 0 Å². The Kier molecular flexibility index (Phi) is 12.0. The van der Waals surface area contributed by atoms with Crippen molar-refractivity contribution in [2.75, 3.05) is 0 Å². The van der Waals surface area contributed by atoms with Crippen molar-refractivity contribution < 1.29 is 8.85 Å². The average molecular weight is 401 g/mol. The summed E-state index contributed by atoms with van der Waals surface area (Å²) in [6.07, 6.45) is 20.0. The van der Waals surface area contributed by atoms with Gasteiger partial charge in [0.05, 0.1) is 0 Å². The Balaban J connectivity index is 0.00000338. The maximum Gasteiger partial charge on any atom is 0.345 e. The van der Waals surface area contributed by atoms with E-state index in [-0.39, 0.29) is 11.0 Å². The van der Waals surface area contributed by atoms with Gasteiger partial charge in [0.25, 0.3) is 0 Å². The monoisotopic (exact) mass is 400 g/mol. The van der Waals surface area contributed by atoms with Crippen molar-refractivity contribution in [3.63, 3.8) is 0 Å². The highest BCUT2D eigenvalue weighted by Gasteiger charge is 2.52. The minimum absolute atomic E-state index is 0. The van der Waals surface area contributed by atoms with Crippen molar-refractivity contribution in [2.45, 2.75) is 141 Å². The molecule has 2 saturated carbocycles. The Bertz CT molecular complexity index is 310. The lowest BCUT2D eigenvalue weighted by Crippen LogP contribution is -2.54. The fourth-order valence-corrected chi connectivity index (χ4v) is 10.6. The van der Waals surface area contributed by atoms with Gasteiger partial charge in [-0.05, 0) is 64.3 Å². The molecule has 4 heteroatoms. The summed E-state index contributed by atoms with van der Waals surface area (Å²) in [7, 11) is -2.23. The van der Waals surface area contributed by atoms with Crippen molar-refractivity contribution in [1.29, 1.82) is 0 Å². The fourth-order valence-electron chi connectivity index (χ4n) is 5.20. The normalized spacial score (nSPS) is 22.4. The van der Waals surface area contributed by atoms with Crippen LogP contribution in [-0.4, -0.2) is 31.7 Å². The van der Waals surface area contributed by atoms with Crippen molar-refractivity contribution >= 4 is 19.5 Å². The molecule has 0 unspecified atom stereocenters. The standard InChI is InChI=1S/C22H44O2Si.H4Si/c1-19(2)23-25(24-20(3)4,21-15-11-7-5-8-12-16-21)22-17-13-9-6-10-14-18-22;/h19-22H,5-18H2,1-4H3;1H4. The highest BCUT2D eigenvalue weighted by molar-refractivity contribution is 6.70. The van der Waals surface area contributed by atoms with E-state index in [2.05, 4.69) is 27.7 Å². The molecule has 2 aliphatic carbocycles. The molecular formula is C22H48O2Si2. The lowest BCUT2D eigenvalue weighted by Gasteiger charge is -2.46. The summed E-state index contributed by atoms with van der Waals surface area (Å²) >= 11 is 0. The Hall–Kier alpha value is 0.354. The minimum atomic E-state index is -2.23. The Morgan fingerprint density at radius 3 is 1.08 bits per heavy atom. The van der Waals surface area contributed by atoms with Gasteiger partial charge >= 0.3 is 8.56 Å². The molecule has 2 nitrogen and oxygen atoms in total. The van der Waals surface area contributed by atoms with Crippen LogP contribution in [-0.2, 0) is 8.85 Å². The van der Waals surface area contributed by atoms with E-state index in [0.717, 1.165) is 0 Å². The van der Waals surface area contributed by atoms with E-state index < -0.39 is 8.56 Å². The molecule has 2 fully saturated rings. The molecule has 0 aromatic rings. The molecular weight excluding hydrogens is 352 g/mol. The first kappa shape index (κ1) is 24.4. The molecule has 0 radical (unpaired) electrons. The van der Waals surface area contributed by atoms with Gasteiger partial charge in [0.2, 0.25) is 0 Å². The van der Waals surface area contributed by atoms with Crippen LogP contribution in [0.5, 0.6) is 0 Å². The Morgan fingerprint density at radius 1 is 0.538 bits per heavy atom. The lowest BCUT2D eigenvalue weighted by atomic mass is 10.00. The molecule has 26 heavy (non-hydrogen) atoms. The third kappa shape index (κ3) is 7.40. The Morgan fingerprint density at radius 2 is 0.808 bits per heavy atom. The molecule has 0 aliphatic heterocycles. The van der Waals surface area contributed by atoms with E-state index in [0.29, 0.717) is 23.3 Å². The highest BCUT2D eigenvalue weighted by Crippen LogP contribution is 2.48. The first-order valence-corrected chi connectivity index (χ1v) is 13.4. The molecule has 2 aliphatic rings. The van der Waals surface area contributed by atoms with Gasteiger partial charge in [0.1, 0.15) is 0 Å². The third-order valence-electron chi connectivity index (χ3n) is 6.19. The van der Waals surface area contributed by atoms with Crippen LogP contribution in [0, 0.1) is 0 Å². The molecule has 0 aromatic heterocycles. The minimum Gasteiger partial charge on any atom is -0.391 e. The average Bonchev–Trinajstić information content (AvgIpc) is 2.44. The quantitative estimate of drug-likeness (QED) is 0.505. The van der Waals surface area contributed by atoms with Gasteiger partial charge in [-0.3, -0.25) is 0 Å². The first-order valence-electron chi connectivity index (χ1n) is 11.4. The van der Waals surface area contributed by atoms with Crippen molar-refractivity contribution in [2.24, 2.45) is 0 Å². The van der Waals surface area contributed by atoms with Gasteiger partial charge in [-0.25, -0.2) is 0 Å². The summed E-state index contributed by atoms with van der Waals surface area (Å²) in [6.45, 7) is 8.93. The molecule has 0 spiro atoms. The second-order valence-corrected chi connectivity index (χ2v) is 12.7. The molecule has 0 bridgehead atoms. The maximum absolute atomic E-state index is 6.94. The molecule has 156 valence electrons. The first-order chi connectivity index (χ1) is 12.0. The zero-order chi connectivity index (χ0) is 18.1. The molecule has 0 N–H and O–H groups in total. The molecule has 2 rings (SSSR count). The van der Waals surface area contributed by atoms with Crippen LogP contribution in [0.3, 0.4) is 0 Å². The fraction of sp³-hybridized carbons (Fsp3) is 1.00. The molecule has 0 aromatic carbocycles. The summed E-state index contributed by atoms with van der Waals surface area (Å²) in [4.78, 5) is 0. The zero-order valence-electron chi connectivity index (χ0n) is 17.5. The van der Waals surface area contributed by atoms with Gasteiger partial charge in [0, 0.05) is 23.3 Å². The van der Waals surface area contributed by atoms with Gasteiger partial charge in [-0.15, -0.1) is 0 Å². The van der Waals surface area contributed by atoms with Crippen molar-refractivity contribution in [3.05, 3.63) is 0 Å². The third-order valence-corrected chi connectivity index (χ3v) is 11.3. The van der Waals surface area contributed by atoms with Gasteiger partial charge in [-0.1, -0.05) is 64.2 Å². The summed E-state index contributed by atoms with van der Waals surface area (Å²) in [5.41, 5.74) is 1.42. The van der Waals surface area contributed by atoms with E-state index in [1.54, 1.807) is 0 Å². The molecule has 0 saturated heterocycles. The van der Waals surface area contributed by atoms with Crippen LogP contribution in [0.4, 0.5) is 0 Å². The molecule has 0 amide bonds. The van der Waals surface area contributed by atoms with Crippen LogP contribution in [0.1, 0.15) is 118 Å². The molecule has 0 atom stereocenters. The predicted molar refractivity (Wildman–Crippen MR) is 122 cm³/mol. The maximum atomic E-state index is 6.94. The van der Waals surface area contributed by atoms with E-state index in [9.17, 15) is 0 Å². The van der Waals surface area contributed by atoms with Gasteiger partial charge < -0.3 is 8.85 Å². The van der Waals surface area contributed by atoms with Crippen LogP contribution in [0.15, 0.2) is 0 Å². The van der Waals surface area contributed by atoms with Crippen LogP contribution < -0.4 is 0 Å². The second-order valence-electron chi connectivity index (χ2n) is 9.14. The van der Waals surface area contributed by atoms with Crippen molar-refractivity contribution in [1.82, 2.24) is 0 Å². The largest absolute Gasteiger partial charge is 0.391 e. The van der Waals surface area contributed by atoms with Crippen LogP contribution >= 0.6 is 0 Å². The van der Waals surface area contributed by atoms with E-state index in [4.69, 9.17) is 8.85 Å². The summed E-state index contributed by atoms with van der Waals surface area (Å²) < 4.78 is 13.9. The lowest BCUT2D eigenvalue weighted by molar-refractivity contribution is 0.0817. The SMILES string of the molecule is CC(C)O[Si](OC(C)C)(C1CCCCCCC1)C1CCCCCCC1.[SiH4]. The van der Waals surface area contributed by atoms with E-state index in [1.807, 2.05) is 0 Å². The van der Waals surface area contributed by atoms with Gasteiger partial charge in [0.15, 0.2) is 0 Å². The van der Waals surface area contributed by atoms with Gasteiger partial charge in [-0.2, -0.15) is 0 Å². The van der Waals surface area contributed by atoms with E-state index in [1.165, 1.54) is 89.9 Å². The van der Waals surface area contributed by atoms with Crippen LogP contribution in [0.25, 0.3) is 0 Å². The smallest absolute Gasteiger partial charge is 0.345 e. The van der Waals surface area contributed by atoms with Crippen molar-refractivity contribution in [3.8, 4) is 0 Å². The number of hydrogen-bond donors (Lipinski definition) is 0. The summed E-state index contributed by atoms with van der Waals surface area (Å²) in [5, 5.41) is 0. The summed E-state index contributed by atoms with van der Waals surface area (Å²) in [5.74, 6) is 0. The second kappa shape index (κ2) is 12.7. The molecule has 0 heterocycles.